The Labute approximate surface area is 145 Å². The number of hydrogen-bond donors (Lipinski definition) is 1. The first-order valence-electron chi connectivity index (χ1n) is 7.75. The van der Waals surface area contributed by atoms with Crippen LogP contribution >= 0.6 is 11.6 Å². The summed E-state index contributed by atoms with van der Waals surface area (Å²) in [5.74, 6) is 0.434. The van der Waals surface area contributed by atoms with E-state index in [4.69, 9.17) is 25.8 Å². The van der Waals surface area contributed by atoms with Gasteiger partial charge in [0.15, 0.2) is 17.6 Å². The fraction of sp³-hybridized carbons (Fsp3) is 0.333. The minimum absolute atomic E-state index is 0.172. The van der Waals surface area contributed by atoms with Crippen molar-refractivity contribution in [3.63, 3.8) is 0 Å². The Hall–Kier alpha value is -1.82. The van der Waals surface area contributed by atoms with E-state index in [1.165, 1.54) is 19.2 Å². The molecule has 0 amide bonds. The van der Waals surface area contributed by atoms with E-state index in [9.17, 15) is 4.39 Å². The Kier molecular flexibility index (Phi) is 5.56. The zero-order valence-corrected chi connectivity index (χ0v) is 14.1. The van der Waals surface area contributed by atoms with Crippen LogP contribution in [-0.4, -0.2) is 32.9 Å². The van der Waals surface area contributed by atoms with Gasteiger partial charge in [0.1, 0.15) is 11.9 Å². The van der Waals surface area contributed by atoms with Gasteiger partial charge >= 0.3 is 0 Å². The first-order valence-corrected chi connectivity index (χ1v) is 8.13. The van der Waals surface area contributed by atoms with E-state index < -0.39 is 0 Å². The first kappa shape index (κ1) is 17.0. The lowest BCUT2D eigenvalue weighted by Crippen LogP contribution is -2.43. The summed E-state index contributed by atoms with van der Waals surface area (Å²) in [6, 6.07) is 11.6. The van der Waals surface area contributed by atoms with Crippen LogP contribution in [0, 0.1) is 5.82 Å². The number of benzene rings is 2. The first-order chi connectivity index (χ1) is 11.7. The lowest BCUT2D eigenvalue weighted by Gasteiger charge is -2.32. The third-order valence-electron chi connectivity index (χ3n) is 3.87. The monoisotopic (exact) mass is 351 g/mol. The third kappa shape index (κ3) is 3.98. The summed E-state index contributed by atoms with van der Waals surface area (Å²) in [6.07, 6.45) is -0.538. The summed E-state index contributed by atoms with van der Waals surface area (Å²) >= 11 is 5.98. The summed E-state index contributed by atoms with van der Waals surface area (Å²) < 4.78 is 30.7. The number of methoxy groups -OCH3 is 1. The van der Waals surface area contributed by atoms with E-state index >= 15 is 0 Å². The predicted molar refractivity (Wildman–Crippen MR) is 90.4 cm³/mol. The van der Waals surface area contributed by atoms with Crippen molar-refractivity contribution in [1.82, 2.24) is 5.32 Å². The molecule has 1 N–H and O–H groups in total. The molecule has 0 aromatic heterocycles. The molecule has 0 radical (unpaired) electrons. The van der Waals surface area contributed by atoms with Crippen molar-refractivity contribution < 1.29 is 18.6 Å². The molecule has 0 spiro atoms. The minimum atomic E-state index is -0.377. The van der Waals surface area contributed by atoms with E-state index in [0.29, 0.717) is 29.7 Å². The van der Waals surface area contributed by atoms with Crippen LogP contribution < -0.4 is 14.8 Å². The topological polar surface area (TPSA) is 39.7 Å². The van der Waals surface area contributed by atoms with Crippen LogP contribution in [0.2, 0.25) is 5.02 Å². The third-order valence-corrected chi connectivity index (χ3v) is 4.12. The highest BCUT2D eigenvalue weighted by Crippen LogP contribution is 2.34. The highest BCUT2D eigenvalue weighted by Gasteiger charge is 2.28. The molecule has 3 rings (SSSR count). The van der Waals surface area contributed by atoms with Crippen molar-refractivity contribution in [2.45, 2.75) is 12.2 Å². The van der Waals surface area contributed by atoms with Crippen LogP contribution in [0.1, 0.15) is 11.7 Å². The zero-order chi connectivity index (χ0) is 16.9. The molecule has 0 aliphatic carbocycles. The number of nitrogens with one attached hydrogen (secondary N) is 1. The second-order valence-electron chi connectivity index (χ2n) is 5.50. The molecule has 2 aromatic carbocycles. The molecule has 1 fully saturated rings. The maximum absolute atomic E-state index is 13.4. The predicted octanol–water partition coefficient (Wildman–Crippen LogP) is 3.60. The molecule has 1 aliphatic rings. The lowest BCUT2D eigenvalue weighted by molar-refractivity contribution is -0.0438. The van der Waals surface area contributed by atoms with Crippen LogP contribution in [0.3, 0.4) is 0 Å². The maximum atomic E-state index is 13.4. The quantitative estimate of drug-likeness (QED) is 0.893. The van der Waals surface area contributed by atoms with Gasteiger partial charge in [-0.15, -0.1) is 0 Å². The molecule has 2 aromatic rings. The van der Waals surface area contributed by atoms with Crippen molar-refractivity contribution in [3.05, 3.63) is 58.9 Å². The van der Waals surface area contributed by atoms with E-state index in [2.05, 4.69) is 5.32 Å². The van der Waals surface area contributed by atoms with Gasteiger partial charge in [0.05, 0.1) is 13.7 Å². The SMILES string of the molecule is COc1cc(F)ccc1O[C@@H](c1ccc(Cl)cc1)[C@@H]1CNCCO1. The van der Waals surface area contributed by atoms with Crippen LogP contribution in [0.5, 0.6) is 11.5 Å². The van der Waals surface area contributed by atoms with Gasteiger partial charge < -0.3 is 19.5 Å². The highest BCUT2D eigenvalue weighted by molar-refractivity contribution is 6.30. The number of halogens is 2. The van der Waals surface area contributed by atoms with E-state index in [1.807, 2.05) is 24.3 Å². The molecule has 24 heavy (non-hydrogen) atoms. The molecule has 1 heterocycles. The van der Waals surface area contributed by atoms with Gasteiger partial charge in [0, 0.05) is 24.2 Å². The van der Waals surface area contributed by atoms with Crippen LogP contribution in [0.25, 0.3) is 0 Å². The highest BCUT2D eigenvalue weighted by atomic mass is 35.5. The number of morpholine rings is 1. The van der Waals surface area contributed by atoms with Crippen LogP contribution in [0.4, 0.5) is 4.39 Å². The Morgan fingerprint density at radius 3 is 2.67 bits per heavy atom. The normalized spacial score (nSPS) is 18.9. The largest absolute Gasteiger partial charge is 0.493 e. The molecule has 0 unspecified atom stereocenters. The fourth-order valence-corrected chi connectivity index (χ4v) is 2.79. The van der Waals surface area contributed by atoms with Gasteiger partial charge in [0.2, 0.25) is 0 Å². The van der Waals surface area contributed by atoms with Gasteiger partial charge in [-0.3, -0.25) is 0 Å². The lowest BCUT2D eigenvalue weighted by atomic mass is 10.0. The summed E-state index contributed by atoms with van der Waals surface area (Å²) in [4.78, 5) is 0. The van der Waals surface area contributed by atoms with E-state index in [-0.39, 0.29) is 18.0 Å². The van der Waals surface area contributed by atoms with Gasteiger partial charge in [-0.1, -0.05) is 23.7 Å². The van der Waals surface area contributed by atoms with Crippen molar-refractivity contribution >= 4 is 11.6 Å². The molecule has 1 aliphatic heterocycles. The average molecular weight is 352 g/mol. The number of hydrogen-bond acceptors (Lipinski definition) is 4. The molecular formula is C18H19ClFNO3. The van der Waals surface area contributed by atoms with Gasteiger partial charge in [-0.2, -0.15) is 0 Å². The zero-order valence-electron chi connectivity index (χ0n) is 13.3. The molecule has 4 nitrogen and oxygen atoms in total. The second kappa shape index (κ2) is 7.83. The molecule has 0 bridgehead atoms. The van der Waals surface area contributed by atoms with Crippen molar-refractivity contribution in [2.24, 2.45) is 0 Å². The Morgan fingerprint density at radius 2 is 2.00 bits per heavy atom. The minimum Gasteiger partial charge on any atom is -0.493 e. The second-order valence-corrected chi connectivity index (χ2v) is 5.93. The van der Waals surface area contributed by atoms with Gasteiger partial charge in [-0.25, -0.2) is 4.39 Å². The summed E-state index contributed by atoms with van der Waals surface area (Å²) in [5.41, 5.74) is 0.930. The Morgan fingerprint density at radius 1 is 1.21 bits per heavy atom. The van der Waals surface area contributed by atoms with Crippen LogP contribution in [-0.2, 0) is 4.74 Å². The van der Waals surface area contributed by atoms with E-state index in [0.717, 1.165) is 12.1 Å². The molecule has 128 valence electrons. The molecule has 6 heteroatoms. The van der Waals surface area contributed by atoms with Crippen molar-refractivity contribution in [1.29, 1.82) is 0 Å². The van der Waals surface area contributed by atoms with Gasteiger partial charge in [0.25, 0.3) is 0 Å². The van der Waals surface area contributed by atoms with Crippen molar-refractivity contribution in [3.8, 4) is 11.5 Å². The Balaban J connectivity index is 1.91. The summed E-state index contributed by atoms with van der Waals surface area (Å²) in [7, 11) is 1.48. The standard InChI is InChI=1S/C18H19ClFNO3/c1-22-16-10-14(20)6-7-15(16)24-18(17-11-21-8-9-23-17)12-2-4-13(19)5-3-12/h2-7,10,17-18,21H,8-9,11H2,1H3/t17-,18-/m0/s1. The molecule has 0 saturated carbocycles. The summed E-state index contributed by atoms with van der Waals surface area (Å²) in [6.45, 7) is 2.08. The van der Waals surface area contributed by atoms with Crippen LogP contribution in [0.15, 0.2) is 42.5 Å². The number of rotatable bonds is 5. The smallest absolute Gasteiger partial charge is 0.163 e. The maximum Gasteiger partial charge on any atom is 0.163 e. The Bertz CT molecular complexity index is 674. The van der Waals surface area contributed by atoms with Gasteiger partial charge in [-0.05, 0) is 29.8 Å². The van der Waals surface area contributed by atoms with E-state index in [1.54, 1.807) is 6.07 Å². The van der Waals surface area contributed by atoms with Crippen molar-refractivity contribution in [2.75, 3.05) is 26.8 Å². The molecule has 1 saturated heterocycles. The average Bonchev–Trinajstić information content (AvgIpc) is 2.62. The molecule has 2 atom stereocenters. The molecular weight excluding hydrogens is 333 g/mol. The summed E-state index contributed by atoms with van der Waals surface area (Å²) in [5, 5.41) is 3.95. The number of ether oxygens (including phenoxy) is 3. The fourth-order valence-electron chi connectivity index (χ4n) is 2.67.